The Hall–Kier alpha value is -1.68. The number of nitrogens with one attached hydrogen (secondary N) is 1. The first kappa shape index (κ1) is 23.5. The maximum absolute atomic E-state index is 13.0. The molecule has 5 rings (SSSR count). The molecule has 8 nitrogen and oxygen atoms in total. The molecule has 0 aromatic heterocycles. The Bertz CT molecular complexity index is 899. The fourth-order valence-corrected chi connectivity index (χ4v) is 6.06. The van der Waals surface area contributed by atoms with Crippen LogP contribution in [0.25, 0.3) is 0 Å². The highest BCUT2D eigenvalue weighted by atomic mass is 32.2. The van der Waals surface area contributed by atoms with E-state index in [0.29, 0.717) is 44.9 Å². The van der Waals surface area contributed by atoms with E-state index in [1.165, 1.54) is 25.2 Å². The number of hydrogen-bond acceptors (Lipinski definition) is 5. The van der Waals surface area contributed by atoms with Crippen LogP contribution in [-0.4, -0.2) is 75.8 Å². The summed E-state index contributed by atoms with van der Waals surface area (Å²) in [6.45, 7) is 1.15. The maximum Gasteiger partial charge on any atom is 0.410 e. The predicted molar refractivity (Wildman–Crippen MR) is 122 cm³/mol. The largest absolute Gasteiger partial charge is 0.449 e. The Kier molecular flexibility index (Phi) is 7.39. The van der Waals surface area contributed by atoms with Gasteiger partial charge < -0.3 is 14.4 Å². The molecule has 1 saturated carbocycles. The second-order valence-electron chi connectivity index (χ2n) is 9.28. The van der Waals surface area contributed by atoms with Crippen LogP contribution in [0.5, 0.6) is 0 Å². The van der Waals surface area contributed by atoms with Crippen LogP contribution in [0.3, 0.4) is 0 Å². The zero-order valence-corrected chi connectivity index (χ0v) is 19.9. The van der Waals surface area contributed by atoms with Crippen LogP contribution < -0.4 is 4.72 Å². The summed E-state index contributed by atoms with van der Waals surface area (Å²) in [6, 6.07) is 7.67. The van der Waals surface area contributed by atoms with E-state index in [4.69, 9.17) is 9.47 Å². The van der Waals surface area contributed by atoms with E-state index in [2.05, 4.69) is 22.9 Å². The number of benzene rings is 1. The van der Waals surface area contributed by atoms with Gasteiger partial charge in [-0.25, -0.2) is 4.79 Å². The van der Waals surface area contributed by atoms with Gasteiger partial charge >= 0.3 is 6.09 Å². The molecular formula is C23H35N3O5S. The number of carbonyl (C=O) groups is 1. The Balaban J connectivity index is 1.56. The van der Waals surface area contributed by atoms with Crippen molar-refractivity contribution in [1.82, 2.24) is 13.9 Å². The standard InChI is InChI=1S/C23H35N3O5S/c1-25(2)32(28,29)24-21-8-5-14-26-22(21)16-31-19-11-9-18(10-12-19)20-7-4-3-6-17(20)13-15-30-23(26)27/h3-4,6-7,18-19,21-22,24H,5,8-16H2,1-2H3/t18?,19?,21-,22?/m0/s1. The van der Waals surface area contributed by atoms with Crippen molar-refractivity contribution >= 4 is 16.3 Å². The average Bonchev–Trinajstić information content (AvgIpc) is 2.78. The van der Waals surface area contributed by atoms with Crippen LogP contribution in [-0.2, 0) is 26.1 Å². The van der Waals surface area contributed by atoms with Gasteiger partial charge in [-0.2, -0.15) is 17.4 Å². The van der Waals surface area contributed by atoms with Crippen LogP contribution in [0.4, 0.5) is 4.79 Å². The van der Waals surface area contributed by atoms with Crippen LogP contribution in [0.15, 0.2) is 24.3 Å². The third-order valence-electron chi connectivity index (χ3n) is 7.06. The van der Waals surface area contributed by atoms with Gasteiger partial charge in [0.2, 0.25) is 0 Å². The fraction of sp³-hybridized carbons (Fsp3) is 0.696. The molecule has 1 unspecified atom stereocenters. The molecule has 32 heavy (non-hydrogen) atoms. The normalized spacial score (nSPS) is 29.7. The van der Waals surface area contributed by atoms with E-state index >= 15 is 0 Å². The number of nitrogens with zero attached hydrogens (tertiary/aromatic N) is 2. The summed E-state index contributed by atoms with van der Waals surface area (Å²) >= 11 is 0. The summed E-state index contributed by atoms with van der Waals surface area (Å²) in [5.74, 6) is 0.510. The lowest BCUT2D eigenvalue weighted by molar-refractivity contribution is -0.0271. The molecule has 2 bridgehead atoms. The van der Waals surface area contributed by atoms with E-state index in [-0.39, 0.29) is 12.1 Å². The van der Waals surface area contributed by atoms with Crippen LogP contribution in [0.2, 0.25) is 0 Å². The highest BCUT2D eigenvalue weighted by Gasteiger charge is 2.39. The van der Waals surface area contributed by atoms with Gasteiger partial charge in [-0.3, -0.25) is 0 Å². The van der Waals surface area contributed by atoms with Crippen molar-refractivity contribution in [2.45, 2.75) is 69.1 Å². The van der Waals surface area contributed by atoms with Crippen LogP contribution >= 0.6 is 0 Å². The molecule has 3 aliphatic heterocycles. The Labute approximate surface area is 191 Å². The van der Waals surface area contributed by atoms with E-state index in [9.17, 15) is 13.2 Å². The number of carbonyl (C=O) groups excluding carboxylic acids is 1. The van der Waals surface area contributed by atoms with E-state index < -0.39 is 22.3 Å². The predicted octanol–water partition coefficient (Wildman–Crippen LogP) is 2.65. The third-order valence-corrected chi connectivity index (χ3v) is 8.63. The SMILES string of the molecule is CN(C)S(=O)(=O)N[C@H]1CCCN2C(=O)OCCc3ccccc3C3CCC(CC3)OCC12. The lowest BCUT2D eigenvalue weighted by Gasteiger charge is -2.42. The monoisotopic (exact) mass is 465 g/mol. The minimum absolute atomic E-state index is 0.132. The van der Waals surface area contributed by atoms with Gasteiger partial charge in [-0.1, -0.05) is 24.3 Å². The molecule has 2 fully saturated rings. The van der Waals surface area contributed by atoms with Crippen molar-refractivity contribution in [3.8, 4) is 0 Å². The highest BCUT2D eigenvalue weighted by Crippen LogP contribution is 2.36. The number of ether oxygens (including phenoxy) is 2. The van der Waals surface area contributed by atoms with Gasteiger partial charge in [0.05, 0.1) is 25.4 Å². The van der Waals surface area contributed by atoms with Crippen molar-refractivity contribution in [3.63, 3.8) is 0 Å². The summed E-state index contributed by atoms with van der Waals surface area (Å²) in [6.07, 6.45) is 5.89. The molecular weight excluding hydrogens is 430 g/mol. The van der Waals surface area contributed by atoms with Gasteiger partial charge in [0.15, 0.2) is 0 Å². The van der Waals surface area contributed by atoms with Crippen molar-refractivity contribution in [3.05, 3.63) is 35.4 Å². The quantitative estimate of drug-likeness (QED) is 0.742. The second kappa shape index (κ2) is 10.1. The lowest BCUT2D eigenvalue weighted by atomic mass is 9.80. The molecule has 1 aliphatic carbocycles. The molecule has 1 aromatic carbocycles. The Morgan fingerprint density at radius 2 is 1.84 bits per heavy atom. The topological polar surface area (TPSA) is 88.2 Å². The van der Waals surface area contributed by atoms with Crippen LogP contribution in [0, 0.1) is 0 Å². The van der Waals surface area contributed by atoms with Gasteiger partial charge in [0, 0.05) is 33.1 Å². The Morgan fingerprint density at radius 3 is 2.59 bits per heavy atom. The molecule has 4 aliphatic rings. The summed E-state index contributed by atoms with van der Waals surface area (Å²) in [7, 11) is -0.628. The average molecular weight is 466 g/mol. The first-order valence-corrected chi connectivity index (χ1v) is 13.1. The molecule has 0 radical (unpaired) electrons. The first-order chi connectivity index (χ1) is 15.3. The number of fused-ring (bicyclic) bond motifs is 6. The summed E-state index contributed by atoms with van der Waals surface area (Å²) in [5.41, 5.74) is 2.61. The lowest BCUT2D eigenvalue weighted by Crippen LogP contribution is -2.60. The summed E-state index contributed by atoms with van der Waals surface area (Å²) in [5, 5.41) is 0. The molecule has 1 N–H and O–H groups in total. The molecule has 9 heteroatoms. The van der Waals surface area contributed by atoms with Crippen LogP contribution in [0.1, 0.15) is 55.6 Å². The zero-order chi connectivity index (χ0) is 22.7. The third kappa shape index (κ3) is 5.27. The van der Waals surface area contributed by atoms with Crippen molar-refractivity contribution < 1.29 is 22.7 Å². The molecule has 1 aromatic rings. The minimum Gasteiger partial charge on any atom is -0.449 e. The van der Waals surface area contributed by atoms with Gasteiger partial charge in [0.25, 0.3) is 10.2 Å². The van der Waals surface area contributed by atoms with Crippen molar-refractivity contribution in [2.75, 3.05) is 33.9 Å². The zero-order valence-electron chi connectivity index (χ0n) is 19.0. The number of amides is 1. The molecule has 178 valence electrons. The van der Waals surface area contributed by atoms with Gasteiger partial charge in [-0.05, 0) is 55.6 Å². The van der Waals surface area contributed by atoms with Crippen molar-refractivity contribution in [1.29, 1.82) is 0 Å². The van der Waals surface area contributed by atoms with Crippen molar-refractivity contribution in [2.24, 2.45) is 0 Å². The maximum atomic E-state index is 13.0. The first-order valence-electron chi connectivity index (χ1n) is 11.7. The number of piperidine rings is 1. The number of rotatable bonds is 3. The second-order valence-corrected chi connectivity index (χ2v) is 11.2. The van der Waals surface area contributed by atoms with E-state index in [0.717, 1.165) is 30.0 Å². The van der Waals surface area contributed by atoms with Gasteiger partial charge in [-0.15, -0.1) is 0 Å². The molecule has 3 heterocycles. The Morgan fingerprint density at radius 1 is 1.09 bits per heavy atom. The molecule has 1 saturated heterocycles. The van der Waals surface area contributed by atoms with E-state index in [1.54, 1.807) is 4.90 Å². The molecule has 0 spiro atoms. The molecule has 1 amide bonds. The summed E-state index contributed by atoms with van der Waals surface area (Å²) < 4.78 is 40.9. The highest BCUT2D eigenvalue weighted by molar-refractivity contribution is 7.87. The fourth-order valence-electron chi connectivity index (χ4n) is 5.19. The van der Waals surface area contributed by atoms with Gasteiger partial charge in [0.1, 0.15) is 0 Å². The smallest absolute Gasteiger partial charge is 0.410 e. The number of hydrogen-bond donors (Lipinski definition) is 1. The summed E-state index contributed by atoms with van der Waals surface area (Å²) in [4.78, 5) is 14.7. The molecule has 2 atom stereocenters. The minimum atomic E-state index is -3.62. The van der Waals surface area contributed by atoms with E-state index in [1.807, 2.05) is 6.07 Å².